The van der Waals surface area contributed by atoms with E-state index in [0.717, 1.165) is 23.1 Å². The monoisotopic (exact) mass is 425 g/mol. The van der Waals surface area contributed by atoms with E-state index in [1.165, 1.54) is 0 Å². The molecule has 0 spiro atoms. The normalized spacial score (nSPS) is 20.4. The summed E-state index contributed by atoms with van der Waals surface area (Å²) in [6, 6.07) is 8.97. The number of carbonyl (C=O) groups is 2. The van der Waals surface area contributed by atoms with E-state index >= 15 is 0 Å². The Hall–Kier alpha value is -3.23. The summed E-state index contributed by atoms with van der Waals surface area (Å²) in [6.45, 7) is -2.59. The number of hydrogen-bond donors (Lipinski definition) is 2. The Labute approximate surface area is 175 Å². The third kappa shape index (κ3) is 4.67. The number of fused-ring (bicyclic) bond motifs is 1. The van der Waals surface area contributed by atoms with Crippen molar-refractivity contribution in [3.63, 3.8) is 0 Å². The van der Waals surface area contributed by atoms with E-state index in [1.54, 1.807) is 30.3 Å². The zero-order valence-electron chi connectivity index (χ0n) is 18.6. The number of hydrogen-bond acceptors (Lipinski definition) is 3. The highest BCUT2D eigenvalue weighted by Gasteiger charge is 2.39. The van der Waals surface area contributed by atoms with Crippen molar-refractivity contribution < 1.29 is 36.7 Å². The minimum atomic E-state index is -4.70. The van der Waals surface area contributed by atoms with Crippen LogP contribution in [-0.4, -0.2) is 23.3 Å². The lowest BCUT2D eigenvalue weighted by atomic mass is 9.89. The van der Waals surface area contributed by atoms with Gasteiger partial charge in [0, 0.05) is 10.2 Å². The van der Waals surface area contributed by atoms with Crippen LogP contribution in [0.2, 0.25) is 0 Å². The number of carbonyl (C=O) groups excluding carboxylic acids is 1. The summed E-state index contributed by atoms with van der Waals surface area (Å²) in [5.41, 5.74) is -0.547. The summed E-state index contributed by atoms with van der Waals surface area (Å²) in [5, 5.41) is 12.1. The number of halogens is 3. The standard InChI is InChI=1S/C21H21F3N2O4/c1-2-15-11-17(25-19(27)30-12-13-6-4-3-5-7-13)16-10-14(21(22,23)24)8-9-18(16)26(15)20(28)29/h3-10,15,17H,2,11-12H2,1H3,(H,25,27)(H,28,29)/i1D3. The van der Waals surface area contributed by atoms with Crippen LogP contribution in [0.25, 0.3) is 0 Å². The number of benzene rings is 2. The van der Waals surface area contributed by atoms with Gasteiger partial charge in [-0.25, -0.2) is 9.59 Å². The van der Waals surface area contributed by atoms with Crippen molar-refractivity contribution in [2.45, 2.75) is 44.6 Å². The number of nitrogens with zero attached hydrogens (tertiary/aromatic N) is 1. The Balaban J connectivity index is 1.92. The van der Waals surface area contributed by atoms with Gasteiger partial charge in [0.1, 0.15) is 6.61 Å². The topological polar surface area (TPSA) is 78.9 Å². The second-order valence-electron chi connectivity index (χ2n) is 6.78. The number of nitrogens with one attached hydrogen (secondary N) is 1. The van der Waals surface area contributed by atoms with Gasteiger partial charge in [-0.2, -0.15) is 13.2 Å². The summed E-state index contributed by atoms with van der Waals surface area (Å²) in [7, 11) is 0. The summed E-state index contributed by atoms with van der Waals surface area (Å²) in [5.74, 6) is 0. The van der Waals surface area contributed by atoms with Gasteiger partial charge in [0.2, 0.25) is 0 Å². The van der Waals surface area contributed by atoms with Gasteiger partial charge in [-0.15, -0.1) is 0 Å². The van der Waals surface area contributed by atoms with Crippen molar-refractivity contribution in [2.24, 2.45) is 0 Å². The fourth-order valence-electron chi connectivity index (χ4n) is 3.41. The summed E-state index contributed by atoms with van der Waals surface area (Å²) >= 11 is 0. The highest BCUT2D eigenvalue weighted by atomic mass is 19.4. The van der Waals surface area contributed by atoms with E-state index < -0.39 is 49.3 Å². The molecule has 0 fully saturated rings. The van der Waals surface area contributed by atoms with Gasteiger partial charge >= 0.3 is 18.4 Å². The van der Waals surface area contributed by atoms with Gasteiger partial charge in [-0.1, -0.05) is 37.2 Å². The van der Waals surface area contributed by atoms with Crippen molar-refractivity contribution in [1.82, 2.24) is 5.32 Å². The quantitative estimate of drug-likeness (QED) is 0.693. The number of anilines is 1. The van der Waals surface area contributed by atoms with Crippen LogP contribution in [0.5, 0.6) is 0 Å². The van der Waals surface area contributed by atoms with E-state index in [4.69, 9.17) is 8.85 Å². The van der Waals surface area contributed by atoms with Crippen LogP contribution in [0.15, 0.2) is 48.5 Å². The van der Waals surface area contributed by atoms with Crippen molar-refractivity contribution in [2.75, 3.05) is 4.90 Å². The van der Waals surface area contributed by atoms with Crippen LogP contribution in [0.4, 0.5) is 28.4 Å². The van der Waals surface area contributed by atoms with Gasteiger partial charge in [-0.05, 0) is 42.2 Å². The number of ether oxygens (including phenoxy) is 1. The lowest BCUT2D eigenvalue weighted by Crippen LogP contribution is -2.47. The molecule has 30 heavy (non-hydrogen) atoms. The highest BCUT2D eigenvalue weighted by Crippen LogP contribution is 2.41. The average Bonchev–Trinajstić information content (AvgIpc) is 2.70. The maximum Gasteiger partial charge on any atom is 0.416 e. The minimum Gasteiger partial charge on any atom is -0.465 e. The van der Waals surface area contributed by atoms with Crippen molar-refractivity contribution in [3.05, 3.63) is 65.2 Å². The molecule has 0 bridgehead atoms. The molecule has 2 amide bonds. The summed E-state index contributed by atoms with van der Waals surface area (Å²) in [6.07, 6.45) is -7.91. The lowest BCUT2D eigenvalue weighted by Gasteiger charge is -2.39. The Morgan fingerprint density at radius 3 is 2.63 bits per heavy atom. The molecule has 1 aliphatic heterocycles. The molecule has 0 saturated carbocycles. The third-order valence-corrected chi connectivity index (χ3v) is 4.81. The maximum absolute atomic E-state index is 13.3. The zero-order chi connectivity index (χ0) is 24.4. The van der Waals surface area contributed by atoms with Gasteiger partial charge in [0.05, 0.1) is 17.3 Å². The van der Waals surface area contributed by atoms with E-state index in [0.29, 0.717) is 5.56 Å². The van der Waals surface area contributed by atoms with Gasteiger partial charge in [-0.3, -0.25) is 4.90 Å². The first-order valence-electron chi connectivity index (χ1n) is 10.6. The number of rotatable bonds is 4. The molecular weight excluding hydrogens is 401 g/mol. The lowest BCUT2D eigenvalue weighted by molar-refractivity contribution is -0.137. The van der Waals surface area contributed by atoms with Crippen LogP contribution in [0.3, 0.4) is 0 Å². The maximum atomic E-state index is 13.3. The Bertz CT molecular complexity index is 1020. The highest BCUT2D eigenvalue weighted by molar-refractivity contribution is 5.89. The fraction of sp³-hybridized carbons (Fsp3) is 0.333. The molecule has 3 rings (SSSR count). The van der Waals surface area contributed by atoms with Crippen molar-refractivity contribution >= 4 is 17.9 Å². The van der Waals surface area contributed by atoms with Crippen LogP contribution in [0.1, 0.15) is 46.5 Å². The molecule has 2 aromatic rings. The van der Waals surface area contributed by atoms with Crippen molar-refractivity contribution in [3.8, 4) is 0 Å². The number of alkyl carbamates (subject to hydrolysis) is 1. The summed E-state index contributed by atoms with van der Waals surface area (Å²) < 4.78 is 67.6. The Morgan fingerprint density at radius 1 is 1.27 bits per heavy atom. The predicted octanol–water partition coefficient (Wildman–Crippen LogP) is 5.34. The molecule has 0 saturated heterocycles. The van der Waals surface area contributed by atoms with Crippen LogP contribution in [-0.2, 0) is 17.5 Å². The first-order valence-corrected chi connectivity index (χ1v) is 9.05. The number of amides is 2. The van der Waals surface area contributed by atoms with Crippen LogP contribution < -0.4 is 10.2 Å². The summed E-state index contributed by atoms with van der Waals surface area (Å²) in [4.78, 5) is 25.0. The van der Waals surface area contributed by atoms with E-state index in [1.807, 2.05) is 0 Å². The number of alkyl halides is 3. The first-order chi connectivity index (χ1) is 15.3. The molecule has 0 radical (unpaired) electrons. The SMILES string of the molecule is [2H]C([2H])([2H])CC1CC(NC(=O)OCc2ccccc2)c2cc(C(F)(F)F)ccc2N1C(=O)O. The van der Waals surface area contributed by atoms with E-state index in [-0.39, 0.29) is 24.3 Å². The molecule has 160 valence electrons. The smallest absolute Gasteiger partial charge is 0.416 e. The molecular formula is C21H21F3N2O4. The molecule has 2 atom stereocenters. The van der Waals surface area contributed by atoms with E-state index in [2.05, 4.69) is 5.32 Å². The second kappa shape index (κ2) is 8.64. The molecule has 2 unspecified atom stereocenters. The molecule has 1 heterocycles. The molecule has 0 aliphatic carbocycles. The van der Waals surface area contributed by atoms with Crippen molar-refractivity contribution in [1.29, 1.82) is 0 Å². The van der Waals surface area contributed by atoms with Gasteiger partial charge in [0.15, 0.2) is 0 Å². The van der Waals surface area contributed by atoms with Crippen LogP contribution in [0, 0.1) is 0 Å². The molecule has 2 N–H and O–H groups in total. The molecule has 2 aromatic carbocycles. The first kappa shape index (κ1) is 17.6. The van der Waals surface area contributed by atoms with Crippen LogP contribution >= 0.6 is 0 Å². The zero-order valence-corrected chi connectivity index (χ0v) is 15.6. The Kier molecular flexibility index (Phi) is 5.07. The minimum absolute atomic E-state index is 0.0885. The molecule has 9 heteroatoms. The largest absolute Gasteiger partial charge is 0.465 e. The van der Waals surface area contributed by atoms with E-state index in [9.17, 15) is 27.9 Å². The average molecular weight is 425 g/mol. The predicted molar refractivity (Wildman–Crippen MR) is 103 cm³/mol. The molecule has 6 nitrogen and oxygen atoms in total. The van der Waals surface area contributed by atoms with Gasteiger partial charge in [0.25, 0.3) is 0 Å². The van der Waals surface area contributed by atoms with Gasteiger partial charge < -0.3 is 15.2 Å². The fourth-order valence-corrected chi connectivity index (χ4v) is 3.41. The number of carboxylic acid groups (broad SMARTS) is 1. The molecule has 1 aliphatic rings. The Morgan fingerprint density at radius 2 is 2.00 bits per heavy atom. The second-order valence-corrected chi connectivity index (χ2v) is 6.78. The third-order valence-electron chi connectivity index (χ3n) is 4.81. The molecule has 0 aromatic heterocycles.